The molecular weight excluding hydrogens is 264 g/mol. The summed E-state index contributed by atoms with van der Waals surface area (Å²) in [5.74, 6) is 0. The molecule has 0 heterocycles. The molecule has 2 rings (SSSR count). The molecule has 1 aromatic rings. The van der Waals surface area contributed by atoms with Crippen LogP contribution in [0, 0.1) is 0 Å². The summed E-state index contributed by atoms with van der Waals surface area (Å²) < 4.78 is 0. The highest BCUT2D eigenvalue weighted by molar-refractivity contribution is 6.30. The fourth-order valence-electron chi connectivity index (χ4n) is 3.04. The van der Waals surface area contributed by atoms with Crippen molar-refractivity contribution in [2.75, 3.05) is 0 Å². The quantitative estimate of drug-likeness (QED) is 0.521. The molecule has 1 fully saturated rings. The summed E-state index contributed by atoms with van der Waals surface area (Å²) in [6.07, 6.45) is 17.6. The van der Waals surface area contributed by atoms with Gasteiger partial charge in [-0.3, -0.25) is 0 Å². The normalized spacial score (nSPS) is 18.9. The first-order chi connectivity index (χ1) is 9.84. The van der Waals surface area contributed by atoms with Crippen LogP contribution in [0.1, 0.15) is 76.2 Å². The van der Waals surface area contributed by atoms with Crippen LogP contribution in [0.2, 0.25) is 5.02 Å². The number of hydrogen-bond acceptors (Lipinski definition) is 0. The van der Waals surface area contributed by atoms with Crippen molar-refractivity contribution in [3.8, 4) is 0 Å². The molecule has 0 atom stereocenters. The van der Waals surface area contributed by atoms with E-state index in [-0.39, 0.29) is 0 Å². The van der Waals surface area contributed by atoms with E-state index in [1.54, 1.807) is 5.57 Å². The van der Waals surface area contributed by atoms with Crippen LogP contribution in [0.5, 0.6) is 0 Å². The van der Waals surface area contributed by atoms with Crippen LogP contribution in [0.25, 0.3) is 6.08 Å². The minimum absolute atomic E-state index is 0.840. The summed E-state index contributed by atoms with van der Waals surface area (Å²) >= 11 is 6.08. The van der Waals surface area contributed by atoms with Crippen molar-refractivity contribution in [2.24, 2.45) is 0 Å². The smallest absolute Gasteiger partial charge is 0.0411 e. The Kier molecular flexibility index (Phi) is 7.22. The van der Waals surface area contributed by atoms with E-state index in [9.17, 15) is 0 Å². The molecule has 1 aliphatic rings. The zero-order valence-corrected chi connectivity index (χ0v) is 13.3. The van der Waals surface area contributed by atoms with Gasteiger partial charge in [0.15, 0.2) is 0 Å². The van der Waals surface area contributed by atoms with Crippen LogP contribution in [0.3, 0.4) is 0 Å². The summed E-state index contributed by atoms with van der Waals surface area (Å²) in [4.78, 5) is 0. The Morgan fingerprint density at radius 3 is 1.85 bits per heavy atom. The monoisotopic (exact) mass is 290 g/mol. The van der Waals surface area contributed by atoms with Crippen molar-refractivity contribution < 1.29 is 0 Å². The van der Waals surface area contributed by atoms with Crippen LogP contribution < -0.4 is 0 Å². The molecule has 0 saturated heterocycles. The van der Waals surface area contributed by atoms with Crippen molar-refractivity contribution in [3.63, 3.8) is 0 Å². The summed E-state index contributed by atoms with van der Waals surface area (Å²) in [5.41, 5.74) is 2.88. The van der Waals surface area contributed by atoms with E-state index in [4.69, 9.17) is 11.6 Å². The van der Waals surface area contributed by atoms with Gasteiger partial charge in [-0.15, -0.1) is 0 Å². The predicted molar refractivity (Wildman–Crippen MR) is 90.2 cm³/mol. The maximum absolute atomic E-state index is 6.08. The average Bonchev–Trinajstić information content (AvgIpc) is 2.42. The molecular formula is C19H27Cl. The molecule has 0 spiro atoms. The van der Waals surface area contributed by atoms with Crippen molar-refractivity contribution in [2.45, 2.75) is 70.6 Å². The lowest BCUT2D eigenvalue weighted by Gasteiger charge is -2.10. The molecule has 110 valence electrons. The number of allylic oxidation sites excluding steroid dienone is 1. The molecule has 0 nitrogen and oxygen atoms in total. The molecule has 0 radical (unpaired) electrons. The van der Waals surface area contributed by atoms with Crippen molar-refractivity contribution in [1.82, 2.24) is 0 Å². The van der Waals surface area contributed by atoms with Gasteiger partial charge in [0.1, 0.15) is 0 Å². The minimum atomic E-state index is 0.840. The lowest BCUT2D eigenvalue weighted by molar-refractivity contribution is 0.541. The first-order valence-electron chi connectivity index (χ1n) is 8.29. The Hall–Kier alpha value is -0.750. The standard InChI is InChI=1S/C19H27Cl/c20-19-14-10-13-18(16-19)15-17-11-8-6-4-2-1-3-5-7-9-12-17/h10,13-16H,1-9,11-12H2. The second kappa shape index (κ2) is 9.23. The number of hydrogen-bond donors (Lipinski definition) is 0. The van der Waals surface area contributed by atoms with Gasteiger partial charge in [-0.25, -0.2) is 0 Å². The fraction of sp³-hybridized carbons (Fsp3) is 0.579. The molecule has 0 unspecified atom stereocenters. The molecule has 20 heavy (non-hydrogen) atoms. The second-order valence-electron chi connectivity index (χ2n) is 6.04. The Bertz CT molecular complexity index is 406. The highest BCUT2D eigenvalue weighted by atomic mass is 35.5. The van der Waals surface area contributed by atoms with Gasteiger partial charge in [0.25, 0.3) is 0 Å². The van der Waals surface area contributed by atoms with E-state index >= 15 is 0 Å². The van der Waals surface area contributed by atoms with Crippen LogP contribution in [0.15, 0.2) is 29.8 Å². The Morgan fingerprint density at radius 2 is 1.30 bits per heavy atom. The summed E-state index contributed by atoms with van der Waals surface area (Å²) in [5, 5.41) is 0.840. The van der Waals surface area contributed by atoms with Gasteiger partial charge in [-0.1, -0.05) is 80.3 Å². The third-order valence-corrected chi connectivity index (χ3v) is 4.45. The lowest BCUT2D eigenvalue weighted by atomic mass is 9.96. The molecule has 0 amide bonds. The van der Waals surface area contributed by atoms with Crippen molar-refractivity contribution >= 4 is 17.7 Å². The van der Waals surface area contributed by atoms with Crippen molar-refractivity contribution in [3.05, 3.63) is 40.4 Å². The average molecular weight is 291 g/mol. The van der Waals surface area contributed by atoms with Gasteiger partial charge < -0.3 is 0 Å². The molecule has 0 aromatic heterocycles. The first-order valence-corrected chi connectivity index (χ1v) is 8.67. The Morgan fingerprint density at radius 1 is 0.750 bits per heavy atom. The molecule has 0 bridgehead atoms. The van der Waals surface area contributed by atoms with E-state index < -0.39 is 0 Å². The Labute approximate surface area is 129 Å². The molecule has 1 aliphatic carbocycles. The van der Waals surface area contributed by atoms with Gasteiger partial charge in [-0.2, -0.15) is 0 Å². The van der Waals surface area contributed by atoms with Crippen LogP contribution in [-0.2, 0) is 0 Å². The zero-order chi connectivity index (χ0) is 14.0. The van der Waals surface area contributed by atoms with Gasteiger partial charge in [0.05, 0.1) is 0 Å². The van der Waals surface area contributed by atoms with E-state index in [2.05, 4.69) is 18.2 Å². The van der Waals surface area contributed by atoms with E-state index in [1.165, 1.54) is 76.2 Å². The van der Waals surface area contributed by atoms with E-state index in [0.717, 1.165) is 5.02 Å². The third kappa shape index (κ3) is 6.13. The highest BCUT2D eigenvalue weighted by Crippen LogP contribution is 2.23. The number of halogens is 1. The lowest BCUT2D eigenvalue weighted by Crippen LogP contribution is -1.90. The summed E-state index contributed by atoms with van der Waals surface area (Å²) in [7, 11) is 0. The maximum atomic E-state index is 6.08. The molecule has 1 heteroatoms. The number of rotatable bonds is 1. The zero-order valence-electron chi connectivity index (χ0n) is 12.5. The predicted octanol–water partition coefficient (Wildman–Crippen LogP) is 7.03. The van der Waals surface area contributed by atoms with Crippen LogP contribution in [-0.4, -0.2) is 0 Å². The summed E-state index contributed by atoms with van der Waals surface area (Å²) in [6.45, 7) is 0. The van der Waals surface area contributed by atoms with Crippen LogP contribution >= 0.6 is 11.6 Å². The van der Waals surface area contributed by atoms with Crippen molar-refractivity contribution in [1.29, 1.82) is 0 Å². The van der Waals surface area contributed by atoms with Gasteiger partial charge in [-0.05, 0) is 43.4 Å². The largest absolute Gasteiger partial charge is 0.0843 e. The third-order valence-electron chi connectivity index (χ3n) is 4.22. The molecule has 1 aromatic carbocycles. The fourth-order valence-corrected chi connectivity index (χ4v) is 3.24. The molecule has 0 N–H and O–H groups in total. The SMILES string of the molecule is Clc1cccc(C=C2CCCCCCCCCCC2)c1. The highest BCUT2D eigenvalue weighted by Gasteiger charge is 2.02. The Balaban J connectivity index is 1.97. The maximum Gasteiger partial charge on any atom is 0.0411 e. The topological polar surface area (TPSA) is 0 Å². The van der Waals surface area contributed by atoms with Gasteiger partial charge in [0.2, 0.25) is 0 Å². The molecule has 1 saturated carbocycles. The van der Waals surface area contributed by atoms with Gasteiger partial charge in [0, 0.05) is 5.02 Å². The summed E-state index contributed by atoms with van der Waals surface area (Å²) in [6, 6.07) is 8.23. The number of benzene rings is 1. The van der Waals surface area contributed by atoms with E-state index in [0.29, 0.717) is 0 Å². The minimum Gasteiger partial charge on any atom is -0.0843 e. The molecule has 0 aliphatic heterocycles. The van der Waals surface area contributed by atoms with Crippen LogP contribution in [0.4, 0.5) is 0 Å². The van der Waals surface area contributed by atoms with Gasteiger partial charge >= 0.3 is 0 Å². The van der Waals surface area contributed by atoms with E-state index in [1.807, 2.05) is 12.1 Å². The first kappa shape index (κ1) is 15.6. The second-order valence-corrected chi connectivity index (χ2v) is 6.48.